The Kier molecular flexibility index (Phi) is 9.00. The van der Waals surface area contributed by atoms with Crippen molar-refractivity contribution in [1.29, 1.82) is 0 Å². The summed E-state index contributed by atoms with van der Waals surface area (Å²) in [6, 6.07) is 12.1. The normalized spacial score (nSPS) is 17.9. The predicted octanol–water partition coefficient (Wildman–Crippen LogP) is 8.18. The zero-order valence-electron chi connectivity index (χ0n) is 20.9. The van der Waals surface area contributed by atoms with Crippen LogP contribution in [0.2, 0.25) is 0 Å². The first-order valence-corrected chi connectivity index (χ1v) is 12.5. The van der Waals surface area contributed by atoms with Gasteiger partial charge in [0.15, 0.2) is 29.5 Å². The summed E-state index contributed by atoms with van der Waals surface area (Å²) in [6.07, 6.45) is 5.82. The number of hydrogen-bond donors (Lipinski definition) is 0. The van der Waals surface area contributed by atoms with Crippen molar-refractivity contribution in [3.05, 3.63) is 89.5 Å². The van der Waals surface area contributed by atoms with E-state index < -0.39 is 29.2 Å². The third-order valence-corrected chi connectivity index (χ3v) is 6.34. The van der Waals surface area contributed by atoms with Crippen LogP contribution in [0, 0.1) is 23.3 Å². The Balaban J connectivity index is 1.49. The molecule has 0 aromatic heterocycles. The molecule has 3 aromatic carbocycles. The van der Waals surface area contributed by atoms with Crippen molar-refractivity contribution in [2.75, 3.05) is 19.8 Å². The summed E-state index contributed by atoms with van der Waals surface area (Å²) in [5.74, 6) is -4.55. The van der Waals surface area contributed by atoms with Crippen molar-refractivity contribution in [1.82, 2.24) is 0 Å². The van der Waals surface area contributed by atoms with Gasteiger partial charge in [0.05, 0.1) is 19.8 Å². The summed E-state index contributed by atoms with van der Waals surface area (Å²) in [5.41, 5.74) is 1.14. The zero-order valence-corrected chi connectivity index (χ0v) is 20.9. The Morgan fingerprint density at radius 2 is 1.41 bits per heavy atom. The summed E-state index contributed by atoms with van der Waals surface area (Å²) >= 11 is 0. The maximum absolute atomic E-state index is 15.1. The fourth-order valence-corrected chi connectivity index (χ4v) is 4.30. The highest BCUT2D eigenvalue weighted by atomic mass is 19.2. The first-order valence-electron chi connectivity index (χ1n) is 12.5. The third-order valence-electron chi connectivity index (χ3n) is 6.34. The van der Waals surface area contributed by atoms with Crippen LogP contribution in [-0.2, 0) is 9.47 Å². The first kappa shape index (κ1) is 26.9. The van der Waals surface area contributed by atoms with E-state index in [2.05, 4.69) is 0 Å². The van der Waals surface area contributed by atoms with Gasteiger partial charge in [0.1, 0.15) is 0 Å². The third kappa shape index (κ3) is 6.05. The van der Waals surface area contributed by atoms with Gasteiger partial charge in [-0.3, -0.25) is 0 Å². The topological polar surface area (TPSA) is 27.7 Å². The molecule has 196 valence electrons. The lowest BCUT2D eigenvalue weighted by atomic mass is 9.94. The second kappa shape index (κ2) is 12.4. The van der Waals surface area contributed by atoms with Crippen LogP contribution in [0.15, 0.2) is 60.7 Å². The van der Waals surface area contributed by atoms with E-state index in [4.69, 9.17) is 14.2 Å². The molecule has 0 bridgehead atoms. The van der Waals surface area contributed by atoms with Gasteiger partial charge < -0.3 is 14.2 Å². The van der Waals surface area contributed by atoms with E-state index in [1.54, 1.807) is 30.3 Å². The molecule has 0 spiro atoms. The molecule has 3 nitrogen and oxygen atoms in total. The standard InChI is InChI=1S/C30H30F4O3/c1-3-5-6-7-26-36-17-21(18-37-26)24-13-12-22(27(31)28(24)32)19-8-10-20(11-9-19)23-14-15-25(35-16-4-2)30(34)29(23)33/h3,5,8-15,21,26H,4,6-7,16-18H2,1-2H3/b5-3+. The van der Waals surface area contributed by atoms with Crippen molar-refractivity contribution in [2.45, 2.75) is 45.3 Å². The second-order valence-corrected chi connectivity index (χ2v) is 8.93. The number of benzene rings is 3. The van der Waals surface area contributed by atoms with Crippen LogP contribution in [0.25, 0.3) is 22.3 Å². The molecule has 0 radical (unpaired) electrons. The van der Waals surface area contributed by atoms with E-state index in [0.29, 0.717) is 24.0 Å². The smallest absolute Gasteiger partial charge is 0.201 e. The van der Waals surface area contributed by atoms with Crippen molar-refractivity contribution in [2.24, 2.45) is 0 Å². The summed E-state index contributed by atoms with van der Waals surface area (Å²) in [4.78, 5) is 0. The molecule has 0 atom stereocenters. The molecule has 0 amide bonds. The fourth-order valence-electron chi connectivity index (χ4n) is 4.30. The van der Waals surface area contributed by atoms with Gasteiger partial charge in [0.2, 0.25) is 5.82 Å². The van der Waals surface area contributed by atoms with Gasteiger partial charge in [-0.1, -0.05) is 55.5 Å². The Bertz CT molecular complexity index is 1230. The molecule has 3 aromatic rings. The van der Waals surface area contributed by atoms with Gasteiger partial charge in [-0.2, -0.15) is 4.39 Å². The average Bonchev–Trinajstić information content (AvgIpc) is 2.92. The zero-order chi connectivity index (χ0) is 26.4. The van der Waals surface area contributed by atoms with E-state index in [1.165, 1.54) is 18.2 Å². The minimum atomic E-state index is -1.06. The van der Waals surface area contributed by atoms with Crippen LogP contribution in [0.4, 0.5) is 17.6 Å². The molecule has 1 saturated heterocycles. The van der Waals surface area contributed by atoms with Gasteiger partial charge in [-0.15, -0.1) is 0 Å². The number of allylic oxidation sites excluding steroid dienone is 2. The van der Waals surface area contributed by atoms with Crippen molar-refractivity contribution < 1.29 is 31.8 Å². The van der Waals surface area contributed by atoms with Crippen LogP contribution in [0.3, 0.4) is 0 Å². The van der Waals surface area contributed by atoms with Crippen LogP contribution in [0.5, 0.6) is 5.75 Å². The largest absolute Gasteiger partial charge is 0.490 e. The van der Waals surface area contributed by atoms with Crippen molar-refractivity contribution >= 4 is 0 Å². The average molecular weight is 515 g/mol. The monoisotopic (exact) mass is 514 g/mol. The summed E-state index contributed by atoms with van der Waals surface area (Å²) in [6.45, 7) is 4.58. The molecule has 1 aliphatic rings. The molecular formula is C30H30F4O3. The number of rotatable bonds is 9. The molecule has 0 unspecified atom stereocenters. The molecule has 1 heterocycles. The Hall–Kier alpha value is -3.16. The minimum Gasteiger partial charge on any atom is -0.490 e. The lowest BCUT2D eigenvalue weighted by Gasteiger charge is -2.30. The lowest BCUT2D eigenvalue weighted by Crippen LogP contribution is -2.31. The highest BCUT2D eigenvalue weighted by molar-refractivity contribution is 5.72. The summed E-state index contributed by atoms with van der Waals surface area (Å²) in [7, 11) is 0. The van der Waals surface area contributed by atoms with E-state index >= 15 is 8.78 Å². The van der Waals surface area contributed by atoms with Gasteiger partial charge in [0, 0.05) is 23.5 Å². The van der Waals surface area contributed by atoms with E-state index in [-0.39, 0.29) is 48.6 Å². The minimum absolute atomic E-state index is 0.0521. The second-order valence-electron chi connectivity index (χ2n) is 8.93. The van der Waals surface area contributed by atoms with Crippen molar-refractivity contribution in [3.63, 3.8) is 0 Å². The number of ether oxygens (including phenoxy) is 3. The maximum Gasteiger partial charge on any atom is 0.201 e. The molecule has 0 N–H and O–H groups in total. The highest BCUT2D eigenvalue weighted by Gasteiger charge is 2.27. The van der Waals surface area contributed by atoms with Gasteiger partial charge in [0.25, 0.3) is 0 Å². The fraction of sp³-hybridized carbons (Fsp3) is 0.333. The molecule has 37 heavy (non-hydrogen) atoms. The van der Waals surface area contributed by atoms with Crippen LogP contribution in [-0.4, -0.2) is 26.1 Å². The SMILES string of the molecule is C/C=C/CCC1OCC(c2ccc(-c3ccc(-c4ccc(OCCC)c(F)c4F)cc3)c(F)c2F)CO1. The van der Waals surface area contributed by atoms with E-state index in [1.807, 2.05) is 26.0 Å². The molecule has 1 aliphatic heterocycles. The summed E-state index contributed by atoms with van der Waals surface area (Å²) < 4.78 is 75.8. The van der Waals surface area contributed by atoms with Crippen LogP contribution in [0.1, 0.15) is 44.6 Å². The van der Waals surface area contributed by atoms with E-state index in [9.17, 15) is 8.78 Å². The molecule has 0 aliphatic carbocycles. The number of hydrogen-bond acceptors (Lipinski definition) is 3. The Morgan fingerprint density at radius 3 is 2.00 bits per heavy atom. The van der Waals surface area contributed by atoms with Crippen LogP contribution >= 0.6 is 0 Å². The first-order chi connectivity index (χ1) is 17.9. The van der Waals surface area contributed by atoms with Crippen molar-refractivity contribution in [3.8, 4) is 28.0 Å². The van der Waals surface area contributed by atoms with E-state index in [0.717, 1.165) is 6.42 Å². The predicted molar refractivity (Wildman–Crippen MR) is 135 cm³/mol. The quantitative estimate of drug-likeness (QED) is 0.213. The summed E-state index contributed by atoms with van der Waals surface area (Å²) in [5, 5.41) is 0. The molecular weight excluding hydrogens is 484 g/mol. The molecule has 1 fully saturated rings. The Labute approximate surface area is 214 Å². The van der Waals surface area contributed by atoms with Gasteiger partial charge in [-0.05, 0) is 48.6 Å². The van der Waals surface area contributed by atoms with Gasteiger partial charge >= 0.3 is 0 Å². The highest BCUT2D eigenvalue weighted by Crippen LogP contribution is 2.34. The lowest BCUT2D eigenvalue weighted by molar-refractivity contribution is -0.189. The molecule has 0 saturated carbocycles. The molecule has 4 rings (SSSR count). The van der Waals surface area contributed by atoms with Gasteiger partial charge in [-0.25, -0.2) is 13.2 Å². The molecule has 7 heteroatoms. The maximum atomic E-state index is 15.1. The number of halogens is 4. The van der Waals surface area contributed by atoms with Crippen LogP contribution < -0.4 is 4.74 Å². The Morgan fingerprint density at radius 1 is 0.811 bits per heavy atom.